The highest BCUT2D eigenvalue weighted by Gasteiger charge is 2.33. The Balaban J connectivity index is 1.77. The third-order valence-corrected chi connectivity index (χ3v) is 3.37. The first kappa shape index (κ1) is 9.30. The lowest BCUT2D eigenvalue weighted by Gasteiger charge is -2.21. The van der Waals surface area contributed by atoms with Crippen LogP contribution in [0.1, 0.15) is 42.8 Å². The summed E-state index contributed by atoms with van der Waals surface area (Å²) < 4.78 is 10.5. The molecule has 5 nitrogen and oxygen atoms in total. The van der Waals surface area contributed by atoms with Gasteiger partial charge in [0.05, 0.1) is 19.1 Å². The van der Waals surface area contributed by atoms with E-state index in [1.165, 1.54) is 19.3 Å². The van der Waals surface area contributed by atoms with Crippen LogP contribution in [0.3, 0.4) is 0 Å². The molecule has 15 heavy (non-hydrogen) atoms. The Bertz CT molecular complexity index is 348. The fourth-order valence-corrected chi connectivity index (χ4v) is 2.06. The molecule has 1 aromatic rings. The molecule has 0 aromatic carbocycles. The predicted molar refractivity (Wildman–Crippen MR) is 52.4 cm³/mol. The highest BCUT2D eigenvalue weighted by Crippen LogP contribution is 2.35. The van der Waals surface area contributed by atoms with Crippen molar-refractivity contribution < 1.29 is 9.26 Å². The van der Waals surface area contributed by atoms with E-state index in [0.717, 1.165) is 5.82 Å². The van der Waals surface area contributed by atoms with Crippen molar-refractivity contribution in [1.82, 2.24) is 10.1 Å². The summed E-state index contributed by atoms with van der Waals surface area (Å²) in [5, 5.41) is 4.02. The van der Waals surface area contributed by atoms with Gasteiger partial charge in [-0.25, -0.2) is 0 Å². The van der Waals surface area contributed by atoms with Gasteiger partial charge < -0.3 is 15.0 Å². The second-order valence-electron chi connectivity index (χ2n) is 4.43. The second-order valence-corrected chi connectivity index (χ2v) is 4.43. The van der Waals surface area contributed by atoms with Gasteiger partial charge in [-0.3, -0.25) is 0 Å². The summed E-state index contributed by atoms with van der Waals surface area (Å²) in [6.07, 6.45) is 3.65. The SMILES string of the molecule is NC1COCC1c1nc(C2CCC2)no1. The molecule has 1 aliphatic carbocycles. The van der Waals surface area contributed by atoms with Crippen molar-refractivity contribution >= 4 is 0 Å². The van der Waals surface area contributed by atoms with Crippen LogP contribution in [0, 0.1) is 0 Å². The van der Waals surface area contributed by atoms with E-state index in [1.807, 2.05) is 0 Å². The third kappa shape index (κ3) is 1.55. The molecule has 2 N–H and O–H groups in total. The number of aromatic nitrogens is 2. The van der Waals surface area contributed by atoms with Crippen molar-refractivity contribution in [3.8, 4) is 0 Å². The van der Waals surface area contributed by atoms with Gasteiger partial charge in [0.25, 0.3) is 0 Å². The molecule has 2 aliphatic rings. The first-order chi connectivity index (χ1) is 7.34. The van der Waals surface area contributed by atoms with E-state index in [4.69, 9.17) is 15.0 Å². The Labute approximate surface area is 88.0 Å². The zero-order valence-electron chi connectivity index (χ0n) is 8.56. The van der Waals surface area contributed by atoms with E-state index >= 15 is 0 Å². The van der Waals surface area contributed by atoms with Crippen molar-refractivity contribution in [2.75, 3.05) is 13.2 Å². The Morgan fingerprint density at radius 1 is 1.27 bits per heavy atom. The van der Waals surface area contributed by atoms with Crippen molar-refractivity contribution in [3.05, 3.63) is 11.7 Å². The predicted octanol–water partition coefficient (Wildman–Crippen LogP) is 0.778. The number of nitrogens with two attached hydrogens (primary N) is 1. The first-order valence-electron chi connectivity index (χ1n) is 5.51. The number of hydrogen-bond donors (Lipinski definition) is 1. The van der Waals surface area contributed by atoms with E-state index in [-0.39, 0.29) is 12.0 Å². The fraction of sp³-hybridized carbons (Fsp3) is 0.800. The molecular formula is C10H15N3O2. The largest absolute Gasteiger partial charge is 0.379 e. The molecule has 2 fully saturated rings. The van der Waals surface area contributed by atoms with E-state index in [0.29, 0.717) is 25.0 Å². The topological polar surface area (TPSA) is 74.2 Å². The van der Waals surface area contributed by atoms with Gasteiger partial charge in [-0.2, -0.15) is 4.98 Å². The lowest BCUT2D eigenvalue weighted by atomic mass is 9.85. The number of rotatable bonds is 2. The fourth-order valence-electron chi connectivity index (χ4n) is 2.06. The van der Waals surface area contributed by atoms with E-state index < -0.39 is 0 Å². The van der Waals surface area contributed by atoms with E-state index in [1.54, 1.807) is 0 Å². The molecule has 0 bridgehead atoms. The molecule has 0 radical (unpaired) electrons. The molecule has 0 amide bonds. The standard InChI is InChI=1S/C10H15N3O2/c11-8-5-14-4-7(8)10-12-9(13-15-10)6-2-1-3-6/h6-8H,1-5,11H2. The van der Waals surface area contributed by atoms with Gasteiger partial charge in [-0.15, -0.1) is 0 Å². The van der Waals surface area contributed by atoms with E-state index in [2.05, 4.69) is 10.1 Å². The van der Waals surface area contributed by atoms with Crippen molar-refractivity contribution in [2.45, 2.75) is 37.1 Å². The van der Waals surface area contributed by atoms with Gasteiger partial charge in [0, 0.05) is 12.0 Å². The zero-order chi connectivity index (χ0) is 10.3. The van der Waals surface area contributed by atoms with Crippen LogP contribution in [0.4, 0.5) is 0 Å². The molecular weight excluding hydrogens is 194 g/mol. The average molecular weight is 209 g/mol. The molecule has 2 unspecified atom stereocenters. The molecule has 2 heterocycles. The van der Waals surface area contributed by atoms with Crippen LogP contribution in [0.25, 0.3) is 0 Å². The molecule has 1 saturated carbocycles. The summed E-state index contributed by atoms with van der Waals surface area (Å²) in [6, 6.07) is -0.000287. The minimum absolute atomic E-state index is 0.000287. The summed E-state index contributed by atoms with van der Waals surface area (Å²) in [5.41, 5.74) is 5.89. The highest BCUT2D eigenvalue weighted by atomic mass is 16.5. The monoisotopic (exact) mass is 209 g/mol. The van der Waals surface area contributed by atoms with Crippen LogP contribution in [0.15, 0.2) is 4.52 Å². The maximum Gasteiger partial charge on any atom is 0.233 e. The molecule has 3 rings (SSSR count). The van der Waals surface area contributed by atoms with Gasteiger partial charge in [0.1, 0.15) is 0 Å². The van der Waals surface area contributed by atoms with Crippen LogP contribution < -0.4 is 5.73 Å². The third-order valence-electron chi connectivity index (χ3n) is 3.37. The molecule has 1 aliphatic heterocycles. The summed E-state index contributed by atoms with van der Waals surface area (Å²) in [7, 11) is 0. The number of ether oxygens (including phenoxy) is 1. The smallest absolute Gasteiger partial charge is 0.233 e. The van der Waals surface area contributed by atoms with E-state index in [9.17, 15) is 0 Å². The second kappa shape index (κ2) is 3.57. The minimum atomic E-state index is -0.000287. The van der Waals surface area contributed by atoms with Gasteiger partial charge >= 0.3 is 0 Å². The summed E-state index contributed by atoms with van der Waals surface area (Å²) in [5.74, 6) is 2.12. The maximum absolute atomic E-state index is 5.89. The molecule has 2 atom stereocenters. The van der Waals surface area contributed by atoms with Crippen molar-refractivity contribution in [3.63, 3.8) is 0 Å². The molecule has 1 saturated heterocycles. The minimum Gasteiger partial charge on any atom is -0.379 e. The Kier molecular flexibility index (Phi) is 2.21. The summed E-state index contributed by atoms with van der Waals surface area (Å²) in [4.78, 5) is 4.43. The van der Waals surface area contributed by atoms with Crippen molar-refractivity contribution in [2.24, 2.45) is 5.73 Å². The molecule has 82 valence electrons. The Morgan fingerprint density at radius 2 is 2.13 bits per heavy atom. The summed E-state index contributed by atoms with van der Waals surface area (Å²) in [6.45, 7) is 1.19. The average Bonchev–Trinajstić information content (AvgIpc) is 2.70. The van der Waals surface area contributed by atoms with Gasteiger partial charge in [-0.1, -0.05) is 11.6 Å². The Morgan fingerprint density at radius 3 is 2.73 bits per heavy atom. The number of nitrogens with zero attached hydrogens (tertiary/aromatic N) is 2. The van der Waals surface area contributed by atoms with Crippen LogP contribution >= 0.6 is 0 Å². The maximum atomic E-state index is 5.89. The van der Waals surface area contributed by atoms with Crippen LogP contribution in [0.2, 0.25) is 0 Å². The van der Waals surface area contributed by atoms with Crippen LogP contribution in [-0.2, 0) is 4.74 Å². The van der Waals surface area contributed by atoms with Crippen molar-refractivity contribution in [1.29, 1.82) is 0 Å². The Hall–Kier alpha value is -0.940. The zero-order valence-corrected chi connectivity index (χ0v) is 8.56. The van der Waals surface area contributed by atoms with Gasteiger partial charge in [-0.05, 0) is 12.8 Å². The quantitative estimate of drug-likeness (QED) is 0.779. The molecule has 0 spiro atoms. The van der Waals surface area contributed by atoms with Crippen LogP contribution in [-0.4, -0.2) is 29.4 Å². The first-order valence-corrected chi connectivity index (χ1v) is 5.51. The summed E-state index contributed by atoms with van der Waals surface area (Å²) >= 11 is 0. The van der Waals surface area contributed by atoms with Gasteiger partial charge in [0.2, 0.25) is 5.89 Å². The number of hydrogen-bond acceptors (Lipinski definition) is 5. The van der Waals surface area contributed by atoms with Gasteiger partial charge in [0.15, 0.2) is 5.82 Å². The lowest BCUT2D eigenvalue weighted by Crippen LogP contribution is -2.27. The molecule has 5 heteroatoms. The molecule has 1 aromatic heterocycles. The highest BCUT2D eigenvalue weighted by molar-refractivity contribution is 5.05. The van der Waals surface area contributed by atoms with Crippen LogP contribution in [0.5, 0.6) is 0 Å². The lowest BCUT2D eigenvalue weighted by molar-refractivity contribution is 0.187. The normalized spacial score (nSPS) is 31.8.